The summed E-state index contributed by atoms with van der Waals surface area (Å²) in [6.45, 7) is 1.78. The van der Waals surface area contributed by atoms with Crippen molar-refractivity contribution < 1.29 is 4.79 Å². The zero-order chi connectivity index (χ0) is 16.6. The standard InChI is InChI=1S/C17H16BrN3OS2/c18-13-6-14(23-9-13)17-10-19-7-12(17)8-24-16(21-17)20-15(22)11-4-2-1-3-5-11/h1-6,9,12,19H,7-8,10H2,(H,20,21,22). The first-order valence-corrected chi connectivity index (χ1v) is 10.4. The molecule has 24 heavy (non-hydrogen) atoms. The van der Waals surface area contributed by atoms with Gasteiger partial charge < -0.3 is 10.6 Å². The van der Waals surface area contributed by atoms with Gasteiger partial charge in [0.2, 0.25) is 0 Å². The molecule has 2 unspecified atom stereocenters. The van der Waals surface area contributed by atoms with Crippen molar-refractivity contribution in [1.82, 2.24) is 10.6 Å². The van der Waals surface area contributed by atoms with E-state index in [2.05, 4.69) is 38.0 Å². The Morgan fingerprint density at radius 3 is 2.96 bits per heavy atom. The monoisotopic (exact) mass is 421 g/mol. The first-order valence-electron chi connectivity index (χ1n) is 7.72. The molecule has 1 aromatic heterocycles. The van der Waals surface area contributed by atoms with Gasteiger partial charge in [-0.15, -0.1) is 11.3 Å². The van der Waals surface area contributed by atoms with Crippen LogP contribution in [-0.4, -0.2) is 29.9 Å². The molecule has 0 aliphatic carbocycles. The Bertz CT molecular complexity index is 792. The predicted molar refractivity (Wildman–Crippen MR) is 104 cm³/mol. The summed E-state index contributed by atoms with van der Waals surface area (Å²) in [6.07, 6.45) is 0. The average Bonchev–Trinajstić information content (AvgIpc) is 3.22. The minimum absolute atomic E-state index is 0.103. The van der Waals surface area contributed by atoms with Gasteiger partial charge in [0.1, 0.15) is 5.54 Å². The Balaban J connectivity index is 1.63. The zero-order valence-corrected chi connectivity index (χ0v) is 16.0. The van der Waals surface area contributed by atoms with E-state index >= 15 is 0 Å². The second-order valence-corrected chi connectivity index (χ2v) is 8.76. The Morgan fingerprint density at radius 1 is 1.38 bits per heavy atom. The lowest BCUT2D eigenvalue weighted by molar-refractivity contribution is 0.0977. The van der Waals surface area contributed by atoms with Crippen LogP contribution in [0.1, 0.15) is 15.2 Å². The molecule has 124 valence electrons. The van der Waals surface area contributed by atoms with E-state index in [1.165, 1.54) is 4.88 Å². The van der Waals surface area contributed by atoms with Crippen LogP contribution in [0.2, 0.25) is 0 Å². The van der Waals surface area contributed by atoms with Crippen LogP contribution < -0.4 is 10.6 Å². The number of nitrogens with one attached hydrogen (secondary N) is 2. The maximum absolute atomic E-state index is 12.4. The minimum Gasteiger partial charge on any atom is -0.314 e. The van der Waals surface area contributed by atoms with Gasteiger partial charge in [0.15, 0.2) is 5.17 Å². The number of thioether (sulfide) groups is 1. The Labute approximate surface area is 157 Å². The van der Waals surface area contributed by atoms with E-state index in [0.29, 0.717) is 16.6 Å². The Morgan fingerprint density at radius 2 is 2.21 bits per heavy atom. The molecule has 1 aromatic carbocycles. The third kappa shape index (κ3) is 2.94. The molecule has 3 heterocycles. The fourth-order valence-corrected chi connectivity index (χ4v) is 5.97. The number of hydrogen-bond donors (Lipinski definition) is 2. The number of carbonyl (C=O) groups excluding carboxylic acids is 1. The van der Waals surface area contributed by atoms with E-state index in [1.807, 2.05) is 30.3 Å². The SMILES string of the molecule is O=C(NC1=NC2(c3cc(Br)cs3)CNCC2CS1)c1ccccc1. The molecule has 4 nitrogen and oxygen atoms in total. The molecule has 0 radical (unpaired) electrons. The first-order chi connectivity index (χ1) is 11.7. The summed E-state index contributed by atoms with van der Waals surface area (Å²) in [6, 6.07) is 11.4. The van der Waals surface area contributed by atoms with E-state index in [1.54, 1.807) is 23.1 Å². The fraction of sp³-hybridized carbons (Fsp3) is 0.294. The molecule has 2 atom stereocenters. The highest BCUT2D eigenvalue weighted by Crippen LogP contribution is 2.45. The average molecular weight is 422 g/mol. The maximum atomic E-state index is 12.4. The van der Waals surface area contributed by atoms with Gasteiger partial charge in [-0.3, -0.25) is 4.79 Å². The topological polar surface area (TPSA) is 53.5 Å². The molecule has 1 saturated heterocycles. The second-order valence-electron chi connectivity index (χ2n) is 5.93. The highest BCUT2D eigenvalue weighted by atomic mass is 79.9. The predicted octanol–water partition coefficient (Wildman–Crippen LogP) is 3.46. The van der Waals surface area contributed by atoms with Crippen LogP contribution in [0.3, 0.4) is 0 Å². The first kappa shape index (κ1) is 16.3. The number of thiophene rings is 1. The summed E-state index contributed by atoms with van der Waals surface area (Å²) in [5.41, 5.74) is 0.390. The number of carbonyl (C=O) groups is 1. The summed E-state index contributed by atoms with van der Waals surface area (Å²) >= 11 is 6.90. The van der Waals surface area contributed by atoms with Gasteiger partial charge in [0.25, 0.3) is 5.91 Å². The smallest absolute Gasteiger partial charge is 0.257 e. The summed E-state index contributed by atoms with van der Waals surface area (Å²) < 4.78 is 1.09. The zero-order valence-electron chi connectivity index (χ0n) is 12.8. The number of aliphatic imine (C=N–C) groups is 1. The molecule has 0 spiro atoms. The molecular weight excluding hydrogens is 406 g/mol. The molecule has 1 amide bonds. The van der Waals surface area contributed by atoms with Crippen LogP contribution in [0.5, 0.6) is 0 Å². The third-order valence-electron chi connectivity index (χ3n) is 4.43. The number of amidine groups is 1. The van der Waals surface area contributed by atoms with Crippen LogP contribution in [0.4, 0.5) is 0 Å². The van der Waals surface area contributed by atoms with Gasteiger partial charge in [-0.1, -0.05) is 30.0 Å². The highest BCUT2D eigenvalue weighted by molar-refractivity contribution is 9.10. The highest BCUT2D eigenvalue weighted by Gasteiger charge is 2.48. The third-order valence-corrected chi connectivity index (χ3v) is 7.33. The molecule has 0 saturated carbocycles. The summed E-state index contributed by atoms with van der Waals surface area (Å²) in [4.78, 5) is 18.7. The van der Waals surface area contributed by atoms with Gasteiger partial charge in [-0.25, -0.2) is 4.99 Å². The molecule has 2 aromatic rings. The van der Waals surface area contributed by atoms with Crippen LogP contribution in [0.15, 0.2) is 51.2 Å². The number of hydrogen-bond acceptors (Lipinski definition) is 5. The summed E-state index contributed by atoms with van der Waals surface area (Å²) in [7, 11) is 0. The maximum Gasteiger partial charge on any atom is 0.257 e. The van der Waals surface area contributed by atoms with Gasteiger partial charge in [0, 0.05) is 45.1 Å². The van der Waals surface area contributed by atoms with Crippen LogP contribution in [-0.2, 0) is 5.54 Å². The minimum atomic E-state index is -0.263. The largest absolute Gasteiger partial charge is 0.314 e. The molecular formula is C17H16BrN3OS2. The van der Waals surface area contributed by atoms with Crippen molar-refractivity contribution in [2.75, 3.05) is 18.8 Å². The van der Waals surface area contributed by atoms with E-state index in [9.17, 15) is 4.79 Å². The number of halogens is 1. The normalized spacial score (nSPS) is 25.9. The van der Waals surface area contributed by atoms with Crippen molar-refractivity contribution >= 4 is 50.1 Å². The van der Waals surface area contributed by atoms with Gasteiger partial charge in [0.05, 0.1) is 0 Å². The lowest BCUT2D eigenvalue weighted by Crippen LogP contribution is -2.42. The molecule has 7 heteroatoms. The van der Waals surface area contributed by atoms with Crippen LogP contribution in [0, 0.1) is 5.92 Å². The number of fused-ring (bicyclic) bond motifs is 1. The molecule has 0 bridgehead atoms. The van der Waals surface area contributed by atoms with E-state index < -0.39 is 0 Å². The van der Waals surface area contributed by atoms with E-state index in [0.717, 1.165) is 23.3 Å². The van der Waals surface area contributed by atoms with Gasteiger partial charge in [-0.2, -0.15) is 0 Å². The lowest BCUT2D eigenvalue weighted by atomic mass is 9.87. The van der Waals surface area contributed by atoms with Crippen molar-refractivity contribution in [2.45, 2.75) is 5.54 Å². The second kappa shape index (κ2) is 6.63. The fourth-order valence-electron chi connectivity index (χ4n) is 3.18. The summed E-state index contributed by atoms with van der Waals surface area (Å²) in [5.74, 6) is 1.30. The van der Waals surface area contributed by atoms with E-state index in [-0.39, 0.29) is 11.4 Å². The Hall–Kier alpha value is -1.15. The number of nitrogens with zero attached hydrogens (tertiary/aromatic N) is 1. The lowest BCUT2D eigenvalue weighted by Gasteiger charge is -2.34. The molecule has 4 rings (SSSR count). The number of benzene rings is 1. The molecule has 2 aliphatic heterocycles. The molecule has 2 N–H and O–H groups in total. The van der Waals surface area contributed by atoms with Crippen LogP contribution in [0.25, 0.3) is 0 Å². The van der Waals surface area contributed by atoms with Gasteiger partial charge in [-0.05, 0) is 34.1 Å². The van der Waals surface area contributed by atoms with Crippen molar-refractivity contribution in [2.24, 2.45) is 10.9 Å². The summed E-state index contributed by atoms with van der Waals surface area (Å²) in [5, 5.41) is 9.28. The number of amides is 1. The van der Waals surface area contributed by atoms with Crippen LogP contribution >= 0.6 is 39.0 Å². The van der Waals surface area contributed by atoms with Crippen molar-refractivity contribution in [3.8, 4) is 0 Å². The Kier molecular flexibility index (Phi) is 4.51. The number of rotatable bonds is 2. The van der Waals surface area contributed by atoms with Gasteiger partial charge >= 0.3 is 0 Å². The van der Waals surface area contributed by atoms with Crippen molar-refractivity contribution in [1.29, 1.82) is 0 Å². The molecule has 1 fully saturated rings. The quantitative estimate of drug-likeness (QED) is 0.780. The molecule has 2 aliphatic rings. The van der Waals surface area contributed by atoms with Crippen molar-refractivity contribution in [3.63, 3.8) is 0 Å². The van der Waals surface area contributed by atoms with E-state index in [4.69, 9.17) is 4.99 Å². The van der Waals surface area contributed by atoms with Crippen molar-refractivity contribution in [3.05, 3.63) is 56.7 Å².